The number of rotatable bonds is 4. The molecule has 0 aliphatic rings. The fraction of sp³-hybridized carbons (Fsp3) is 0.417. The number of carbonyl (C=O) groups excluding carboxylic acids is 1. The summed E-state index contributed by atoms with van der Waals surface area (Å²) in [6.45, 7) is 3.73. The first kappa shape index (κ1) is 12.7. The predicted molar refractivity (Wildman–Crippen MR) is 58.8 cm³/mol. The molecule has 88 valence electrons. The third-order valence-corrected chi connectivity index (χ3v) is 2.25. The highest BCUT2D eigenvalue weighted by Gasteiger charge is 2.26. The van der Waals surface area contributed by atoms with Gasteiger partial charge in [-0.2, -0.15) is 0 Å². The van der Waals surface area contributed by atoms with Crippen LogP contribution in [0, 0.1) is 6.92 Å². The van der Waals surface area contributed by atoms with E-state index in [9.17, 15) is 15.0 Å². The first-order valence-corrected chi connectivity index (χ1v) is 5.15. The molecular weight excluding hydrogens is 208 g/mol. The molecule has 1 aromatic rings. The Labute approximate surface area is 94.5 Å². The molecule has 16 heavy (non-hydrogen) atoms. The average molecular weight is 224 g/mol. The van der Waals surface area contributed by atoms with Gasteiger partial charge in [-0.3, -0.25) is 0 Å². The largest absolute Gasteiger partial charge is 0.464 e. The molecule has 4 nitrogen and oxygen atoms in total. The van der Waals surface area contributed by atoms with Crippen LogP contribution in [0.3, 0.4) is 0 Å². The van der Waals surface area contributed by atoms with Gasteiger partial charge in [0.15, 0.2) is 6.10 Å². The molecule has 1 rings (SSSR count). The lowest BCUT2D eigenvalue weighted by molar-refractivity contribution is -0.159. The molecule has 1 aromatic carbocycles. The number of aliphatic hydroxyl groups excluding tert-OH is 2. The summed E-state index contributed by atoms with van der Waals surface area (Å²) < 4.78 is 4.62. The number of hydrogen-bond acceptors (Lipinski definition) is 4. The molecule has 0 amide bonds. The second-order valence-corrected chi connectivity index (χ2v) is 3.55. The van der Waals surface area contributed by atoms with Gasteiger partial charge in [-0.05, 0) is 19.4 Å². The molecule has 0 fully saturated rings. The van der Waals surface area contributed by atoms with Crippen molar-refractivity contribution in [3.63, 3.8) is 0 Å². The first-order valence-electron chi connectivity index (χ1n) is 5.15. The van der Waals surface area contributed by atoms with Gasteiger partial charge in [0.25, 0.3) is 0 Å². The van der Waals surface area contributed by atoms with Gasteiger partial charge in [0.05, 0.1) is 6.61 Å². The zero-order valence-corrected chi connectivity index (χ0v) is 9.38. The van der Waals surface area contributed by atoms with Crippen LogP contribution in [0.2, 0.25) is 0 Å². The summed E-state index contributed by atoms with van der Waals surface area (Å²) in [5, 5.41) is 19.2. The van der Waals surface area contributed by atoms with Gasteiger partial charge in [0, 0.05) is 0 Å². The van der Waals surface area contributed by atoms with Crippen LogP contribution in [-0.4, -0.2) is 28.9 Å². The van der Waals surface area contributed by atoms with E-state index in [1.807, 2.05) is 6.92 Å². The molecule has 0 aliphatic carbocycles. The number of esters is 1. The highest BCUT2D eigenvalue weighted by atomic mass is 16.5. The lowest BCUT2D eigenvalue weighted by Gasteiger charge is -2.16. The molecule has 2 N–H and O–H groups in total. The maximum Gasteiger partial charge on any atom is 0.338 e. The van der Waals surface area contributed by atoms with Gasteiger partial charge in [0.2, 0.25) is 0 Å². The van der Waals surface area contributed by atoms with E-state index in [4.69, 9.17) is 0 Å². The summed E-state index contributed by atoms with van der Waals surface area (Å²) in [5.41, 5.74) is 1.53. The van der Waals surface area contributed by atoms with Gasteiger partial charge in [-0.15, -0.1) is 0 Å². The number of aryl methyl sites for hydroxylation is 1. The van der Waals surface area contributed by atoms with E-state index in [1.165, 1.54) is 0 Å². The summed E-state index contributed by atoms with van der Waals surface area (Å²) in [5.74, 6) is -0.810. The van der Waals surface area contributed by atoms with Crippen molar-refractivity contribution >= 4 is 5.97 Å². The number of aliphatic hydroxyl groups is 2. The van der Waals surface area contributed by atoms with Crippen molar-refractivity contribution in [3.05, 3.63) is 35.4 Å². The summed E-state index contributed by atoms with van der Waals surface area (Å²) >= 11 is 0. The summed E-state index contributed by atoms with van der Waals surface area (Å²) in [7, 11) is 0. The van der Waals surface area contributed by atoms with Gasteiger partial charge in [-0.1, -0.05) is 29.8 Å². The van der Waals surface area contributed by atoms with E-state index in [2.05, 4.69) is 4.74 Å². The molecular formula is C12H16O4. The van der Waals surface area contributed by atoms with Crippen LogP contribution < -0.4 is 0 Å². The minimum absolute atomic E-state index is 0.177. The van der Waals surface area contributed by atoms with Crippen LogP contribution in [0.25, 0.3) is 0 Å². The normalized spacial score (nSPS) is 14.2. The van der Waals surface area contributed by atoms with Crippen LogP contribution in [0.1, 0.15) is 24.2 Å². The van der Waals surface area contributed by atoms with Crippen LogP contribution in [0.15, 0.2) is 24.3 Å². The van der Waals surface area contributed by atoms with Gasteiger partial charge in [0.1, 0.15) is 6.10 Å². The molecule has 0 aromatic heterocycles. The molecule has 0 radical (unpaired) electrons. The Kier molecular flexibility index (Phi) is 4.46. The summed E-state index contributed by atoms with van der Waals surface area (Å²) in [4.78, 5) is 11.2. The van der Waals surface area contributed by atoms with Crippen molar-refractivity contribution in [1.82, 2.24) is 0 Å². The van der Waals surface area contributed by atoms with Gasteiger partial charge in [-0.25, -0.2) is 4.79 Å². The molecule has 2 unspecified atom stereocenters. The second kappa shape index (κ2) is 5.63. The van der Waals surface area contributed by atoms with Crippen LogP contribution in [0.4, 0.5) is 0 Å². The van der Waals surface area contributed by atoms with E-state index in [1.54, 1.807) is 31.2 Å². The SMILES string of the molecule is CCOC(=O)C(O)C(O)c1ccc(C)cc1. The van der Waals surface area contributed by atoms with Crippen molar-refractivity contribution < 1.29 is 19.7 Å². The molecule has 0 aliphatic heterocycles. The third-order valence-electron chi connectivity index (χ3n) is 2.25. The standard InChI is InChI=1S/C12H16O4/c1-3-16-12(15)11(14)10(13)9-6-4-8(2)5-7-9/h4-7,10-11,13-14H,3H2,1-2H3. The fourth-order valence-corrected chi connectivity index (χ4v) is 1.30. The quantitative estimate of drug-likeness (QED) is 0.747. The zero-order valence-electron chi connectivity index (χ0n) is 9.38. The smallest absolute Gasteiger partial charge is 0.338 e. The zero-order chi connectivity index (χ0) is 12.1. The Morgan fingerprint density at radius 3 is 2.38 bits per heavy atom. The van der Waals surface area contributed by atoms with Gasteiger partial charge >= 0.3 is 5.97 Å². The van der Waals surface area contributed by atoms with E-state index < -0.39 is 18.2 Å². The predicted octanol–water partition coefficient (Wildman–Crippen LogP) is 0.952. The number of carbonyl (C=O) groups is 1. The van der Waals surface area contributed by atoms with Crippen LogP contribution in [-0.2, 0) is 9.53 Å². The van der Waals surface area contributed by atoms with Crippen molar-refractivity contribution in [3.8, 4) is 0 Å². The molecule has 0 saturated carbocycles. The minimum Gasteiger partial charge on any atom is -0.464 e. The molecule has 4 heteroatoms. The van der Waals surface area contributed by atoms with Crippen LogP contribution in [0.5, 0.6) is 0 Å². The highest BCUT2D eigenvalue weighted by molar-refractivity contribution is 5.75. The Morgan fingerprint density at radius 1 is 1.31 bits per heavy atom. The van der Waals surface area contributed by atoms with E-state index in [0.29, 0.717) is 5.56 Å². The Hall–Kier alpha value is -1.39. The summed E-state index contributed by atoms with van der Waals surface area (Å²) in [6, 6.07) is 6.94. The lowest BCUT2D eigenvalue weighted by Crippen LogP contribution is -2.29. The fourth-order valence-electron chi connectivity index (χ4n) is 1.30. The average Bonchev–Trinajstić information content (AvgIpc) is 2.28. The maximum atomic E-state index is 11.2. The second-order valence-electron chi connectivity index (χ2n) is 3.55. The Morgan fingerprint density at radius 2 is 1.88 bits per heavy atom. The maximum absolute atomic E-state index is 11.2. The Bertz CT molecular complexity index is 345. The minimum atomic E-state index is -1.54. The summed E-state index contributed by atoms with van der Waals surface area (Å²) in [6.07, 6.45) is -2.79. The lowest BCUT2D eigenvalue weighted by atomic mass is 10.0. The number of hydrogen-bond donors (Lipinski definition) is 2. The van der Waals surface area contributed by atoms with Crippen LogP contribution >= 0.6 is 0 Å². The van der Waals surface area contributed by atoms with Crippen molar-refractivity contribution in [1.29, 1.82) is 0 Å². The molecule has 0 heterocycles. The topological polar surface area (TPSA) is 66.8 Å². The van der Waals surface area contributed by atoms with E-state index in [0.717, 1.165) is 5.56 Å². The van der Waals surface area contributed by atoms with Gasteiger partial charge < -0.3 is 14.9 Å². The Balaban J connectivity index is 2.73. The highest BCUT2D eigenvalue weighted by Crippen LogP contribution is 2.18. The number of ether oxygens (including phenoxy) is 1. The molecule has 0 spiro atoms. The molecule has 2 atom stereocenters. The van der Waals surface area contributed by atoms with Crippen molar-refractivity contribution in [2.75, 3.05) is 6.61 Å². The van der Waals surface area contributed by atoms with Crippen molar-refractivity contribution in [2.24, 2.45) is 0 Å². The molecule has 0 bridgehead atoms. The number of benzene rings is 1. The third kappa shape index (κ3) is 3.05. The molecule has 0 saturated heterocycles. The van der Waals surface area contributed by atoms with Crippen molar-refractivity contribution in [2.45, 2.75) is 26.1 Å². The first-order chi connectivity index (χ1) is 7.56. The monoisotopic (exact) mass is 224 g/mol. The van der Waals surface area contributed by atoms with E-state index in [-0.39, 0.29) is 6.61 Å². The van der Waals surface area contributed by atoms with E-state index >= 15 is 0 Å².